The largest absolute Gasteiger partial charge is 0.411 e. The maximum Gasteiger partial charge on any atom is 0.264 e. The molecule has 3 rings (SSSR count). The number of oxime groups is 1. The Morgan fingerprint density at radius 1 is 0.778 bits per heavy atom. The molecule has 0 fully saturated rings. The normalized spacial score (nSPS) is 14.5. The maximum absolute atomic E-state index is 12.2. The molecule has 1 N–H and O–H groups in total. The lowest BCUT2D eigenvalue weighted by atomic mass is 10.1. The van der Waals surface area contributed by atoms with Gasteiger partial charge in [-0.3, -0.25) is 4.18 Å². The SMILES string of the molecule is CS(=O)(=O)O[C@@H](COCc1ccccc1)[C@@H](OCc1ccccc1)[C@@H](/C=N/O)OCc1ccccc1. The summed E-state index contributed by atoms with van der Waals surface area (Å²) in [7, 11) is -3.88. The summed E-state index contributed by atoms with van der Waals surface area (Å²) < 4.78 is 47.7. The number of hydrogen-bond acceptors (Lipinski definition) is 8. The molecule has 0 saturated heterocycles. The molecule has 3 aromatic carbocycles. The first-order valence-corrected chi connectivity index (χ1v) is 13.2. The first kappa shape index (κ1) is 27.5. The molecule has 0 spiro atoms. The van der Waals surface area contributed by atoms with Crippen LogP contribution in [-0.2, 0) is 48.3 Å². The minimum atomic E-state index is -3.88. The summed E-state index contributed by atoms with van der Waals surface area (Å²) >= 11 is 0. The number of rotatable bonds is 15. The first-order chi connectivity index (χ1) is 17.4. The van der Waals surface area contributed by atoms with Crippen molar-refractivity contribution >= 4 is 16.3 Å². The highest BCUT2D eigenvalue weighted by molar-refractivity contribution is 7.86. The molecule has 0 aromatic heterocycles. The topological polar surface area (TPSA) is 104 Å². The van der Waals surface area contributed by atoms with Crippen molar-refractivity contribution < 1.29 is 32.0 Å². The lowest BCUT2D eigenvalue weighted by Crippen LogP contribution is -2.46. The Morgan fingerprint density at radius 2 is 1.25 bits per heavy atom. The second-order valence-electron chi connectivity index (χ2n) is 8.13. The summed E-state index contributed by atoms with van der Waals surface area (Å²) in [4.78, 5) is 0. The van der Waals surface area contributed by atoms with Gasteiger partial charge in [-0.05, 0) is 16.7 Å². The van der Waals surface area contributed by atoms with Gasteiger partial charge >= 0.3 is 0 Å². The van der Waals surface area contributed by atoms with Gasteiger partial charge in [0.05, 0.1) is 38.9 Å². The summed E-state index contributed by atoms with van der Waals surface area (Å²) in [5.74, 6) is 0. The second kappa shape index (κ2) is 14.5. The van der Waals surface area contributed by atoms with E-state index in [0.717, 1.165) is 29.2 Å². The van der Waals surface area contributed by atoms with E-state index in [2.05, 4.69) is 5.16 Å². The first-order valence-electron chi connectivity index (χ1n) is 11.4. The van der Waals surface area contributed by atoms with Gasteiger partial charge in [0.15, 0.2) is 0 Å². The van der Waals surface area contributed by atoms with Gasteiger partial charge in [0.25, 0.3) is 10.1 Å². The quantitative estimate of drug-likeness (QED) is 0.141. The van der Waals surface area contributed by atoms with E-state index < -0.39 is 28.4 Å². The summed E-state index contributed by atoms with van der Waals surface area (Å²) in [6.07, 6.45) is -0.868. The van der Waals surface area contributed by atoms with Crippen LogP contribution in [0.4, 0.5) is 0 Å². The average Bonchev–Trinajstić information content (AvgIpc) is 2.88. The van der Waals surface area contributed by atoms with Gasteiger partial charge in [-0.2, -0.15) is 8.42 Å². The standard InChI is InChI=1S/C27H31NO7S/c1-36(30,31)35-26(21-32-18-22-11-5-2-6-12-22)27(34-20-24-15-9-4-10-16-24)25(17-28-29)33-19-23-13-7-3-8-14-23/h2-17,25-27,29H,18-21H2,1H3/b28-17+/t25-,26+,27+/m1/s1. The van der Waals surface area contributed by atoms with Crippen LogP contribution in [0.1, 0.15) is 16.7 Å². The third-order valence-electron chi connectivity index (χ3n) is 5.17. The van der Waals surface area contributed by atoms with Crippen LogP contribution in [0.3, 0.4) is 0 Å². The number of hydrogen-bond donors (Lipinski definition) is 1. The molecular formula is C27H31NO7S. The van der Waals surface area contributed by atoms with Gasteiger partial charge in [-0.1, -0.05) is 96.2 Å². The molecule has 36 heavy (non-hydrogen) atoms. The van der Waals surface area contributed by atoms with Crippen LogP contribution in [0.5, 0.6) is 0 Å². The van der Waals surface area contributed by atoms with Gasteiger partial charge in [-0.15, -0.1) is 0 Å². The Morgan fingerprint density at radius 3 is 1.72 bits per heavy atom. The predicted molar refractivity (Wildman–Crippen MR) is 136 cm³/mol. The Hall–Kier alpha value is -3.08. The van der Waals surface area contributed by atoms with Gasteiger partial charge in [-0.25, -0.2) is 0 Å². The van der Waals surface area contributed by atoms with E-state index in [1.54, 1.807) is 0 Å². The summed E-state index contributed by atoms with van der Waals surface area (Å²) in [6, 6.07) is 28.3. The molecule has 0 unspecified atom stereocenters. The molecule has 3 atom stereocenters. The maximum atomic E-state index is 12.2. The Kier molecular flexibility index (Phi) is 11.1. The molecule has 0 aliphatic carbocycles. The van der Waals surface area contributed by atoms with Crippen molar-refractivity contribution in [3.63, 3.8) is 0 Å². The van der Waals surface area contributed by atoms with Gasteiger partial charge in [0.2, 0.25) is 0 Å². The van der Waals surface area contributed by atoms with Crippen molar-refractivity contribution in [2.24, 2.45) is 5.16 Å². The van der Waals surface area contributed by atoms with Crippen LogP contribution in [0.2, 0.25) is 0 Å². The van der Waals surface area contributed by atoms with Crippen molar-refractivity contribution in [1.29, 1.82) is 0 Å². The van der Waals surface area contributed by atoms with Crippen LogP contribution in [0.25, 0.3) is 0 Å². The smallest absolute Gasteiger partial charge is 0.264 e. The zero-order chi connectivity index (χ0) is 25.6. The molecule has 192 valence electrons. The zero-order valence-electron chi connectivity index (χ0n) is 20.1. The molecule has 0 aliphatic rings. The van der Waals surface area contributed by atoms with Crippen LogP contribution < -0.4 is 0 Å². The fourth-order valence-corrected chi connectivity index (χ4v) is 4.12. The summed E-state index contributed by atoms with van der Waals surface area (Å²) in [5.41, 5.74) is 2.68. The van der Waals surface area contributed by atoms with Crippen LogP contribution in [-0.4, -0.2) is 51.0 Å². The lowest BCUT2D eigenvalue weighted by Gasteiger charge is -2.31. The van der Waals surface area contributed by atoms with Gasteiger partial charge in [0, 0.05) is 0 Å². The molecular weight excluding hydrogens is 482 g/mol. The predicted octanol–water partition coefficient (Wildman–Crippen LogP) is 4.18. The molecule has 0 amide bonds. The van der Waals surface area contributed by atoms with Crippen molar-refractivity contribution in [1.82, 2.24) is 0 Å². The zero-order valence-corrected chi connectivity index (χ0v) is 20.9. The minimum Gasteiger partial charge on any atom is -0.411 e. The molecule has 0 heterocycles. The molecule has 9 heteroatoms. The van der Waals surface area contributed by atoms with E-state index in [4.69, 9.17) is 18.4 Å². The number of ether oxygens (including phenoxy) is 3. The van der Waals surface area contributed by atoms with Crippen LogP contribution in [0, 0.1) is 0 Å². The minimum absolute atomic E-state index is 0.105. The third kappa shape index (κ3) is 9.88. The number of nitrogens with zero attached hydrogens (tertiary/aromatic N) is 1. The van der Waals surface area contributed by atoms with Gasteiger partial charge < -0.3 is 19.4 Å². The van der Waals surface area contributed by atoms with Crippen molar-refractivity contribution in [3.8, 4) is 0 Å². The highest BCUT2D eigenvalue weighted by Gasteiger charge is 2.34. The van der Waals surface area contributed by atoms with E-state index in [1.807, 2.05) is 91.0 Å². The van der Waals surface area contributed by atoms with E-state index in [-0.39, 0.29) is 26.4 Å². The monoisotopic (exact) mass is 513 g/mol. The lowest BCUT2D eigenvalue weighted by molar-refractivity contribution is -0.118. The molecule has 0 saturated carbocycles. The molecule has 0 aliphatic heterocycles. The Bertz CT molecular complexity index is 1140. The highest BCUT2D eigenvalue weighted by Crippen LogP contribution is 2.19. The van der Waals surface area contributed by atoms with Crippen molar-refractivity contribution in [2.75, 3.05) is 12.9 Å². The third-order valence-corrected chi connectivity index (χ3v) is 5.76. The van der Waals surface area contributed by atoms with Crippen molar-refractivity contribution in [2.45, 2.75) is 38.1 Å². The second-order valence-corrected chi connectivity index (χ2v) is 9.73. The molecule has 8 nitrogen and oxygen atoms in total. The Balaban J connectivity index is 1.82. The highest BCUT2D eigenvalue weighted by atomic mass is 32.2. The van der Waals surface area contributed by atoms with E-state index in [1.165, 1.54) is 0 Å². The van der Waals surface area contributed by atoms with Crippen LogP contribution in [0.15, 0.2) is 96.2 Å². The van der Waals surface area contributed by atoms with E-state index in [0.29, 0.717) is 0 Å². The average molecular weight is 514 g/mol. The van der Waals surface area contributed by atoms with Gasteiger partial charge in [0.1, 0.15) is 18.3 Å². The molecule has 0 bridgehead atoms. The fraction of sp³-hybridized carbons (Fsp3) is 0.296. The van der Waals surface area contributed by atoms with E-state index in [9.17, 15) is 13.6 Å². The number of benzene rings is 3. The summed E-state index contributed by atoms with van der Waals surface area (Å²) in [6.45, 7) is 0.475. The Labute approximate surface area is 212 Å². The van der Waals surface area contributed by atoms with Crippen molar-refractivity contribution in [3.05, 3.63) is 108 Å². The molecule has 0 radical (unpaired) electrons. The van der Waals surface area contributed by atoms with E-state index >= 15 is 0 Å². The summed E-state index contributed by atoms with van der Waals surface area (Å²) in [5, 5.41) is 12.5. The fourth-order valence-electron chi connectivity index (χ4n) is 3.50. The molecule has 3 aromatic rings. The van der Waals surface area contributed by atoms with Crippen LogP contribution >= 0.6 is 0 Å².